The van der Waals surface area contributed by atoms with Gasteiger partial charge in [-0.1, -0.05) is 41.9 Å². The second-order valence-electron chi connectivity index (χ2n) is 5.93. The molecule has 2 aromatic carbocycles. The van der Waals surface area contributed by atoms with Crippen LogP contribution in [0.5, 0.6) is 0 Å². The van der Waals surface area contributed by atoms with Crippen LogP contribution in [-0.4, -0.2) is 30.3 Å². The Morgan fingerprint density at radius 3 is 2.31 bits per heavy atom. The van der Waals surface area contributed by atoms with E-state index < -0.39 is 41.0 Å². The summed E-state index contributed by atoms with van der Waals surface area (Å²) in [6, 6.07) is 10.6. The maximum Gasteiger partial charge on any atom is 0.441 e. The molecule has 0 saturated carbocycles. The fourth-order valence-corrected chi connectivity index (χ4v) is 2.64. The number of esters is 1. The number of benzene rings is 2. The zero-order valence-corrected chi connectivity index (χ0v) is 15.9. The molecule has 0 radical (unpaired) electrons. The number of hydrogen-bond acceptors (Lipinski definition) is 4. The van der Waals surface area contributed by atoms with Crippen molar-refractivity contribution in [3.8, 4) is 0 Å². The Balaban J connectivity index is 2.42. The molecule has 0 fully saturated rings. The van der Waals surface area contributed by atoms with E-state index in [2.05, 4.69) is 4.74 Å². The fraction of sp³-hybridized carbons (Fsp3) is 0.263. The molecule has 1 atom stereocenters. The number of carbonyl (C=O) groups excluding carboxylic acids is 2. The maximum absolute atomic E-state index is 14.0. The van der Waals surface area contributed by atoms with Gasteiger partial charge < -0.3 is 15.4 Å². The van der Waals surface area contributed by atoms with Crippen molar-refractivity contribution < 1.29 is 31.9 Å². The molecule has 0 unspecified atom stereocenters. The van der Waals surface area contributed by atoms with E-state index in [1.54, 1.807) is 35.6 Å². The van der Waals surface area contributed by atoms with Gasteiger partial charge in [-0.2, -0.15) is 13.2 Å². The van der Waals surface area contributed by atoms with Crippen molar-refractivity contribution >= 4 is 29.2 Å². The number of nitrogens with one attached hydrogen (secondary N) is 2. The van der Waals surface area contributed by atoms with Gasteiger partial charge in [-0.05, 0) is 30.7 Å². The molecule has 0 aliphatic rings. The monoisotopic (exact) mass is 432 g/mol. The highest BCUT2D eigenvalue weighted by molar-refractivity contribution is 6.31. The molecule has 156 valence electrons. The smallest absolute Gasteiger partial charge is 0.441 e. The molecule has 29 heavy (non-hydrogen) atoms. The third-order valence-electron chi connectivity index (χ3n) is 3.79. The average molecular weight is 433 g/mol. The molecule has 0 bridgehead atoms. The SMILES string of the molecule is CCOC(=O)[C@@](NC(=O)Cc1ccccc1)(Nc1ccc(F)c(Cl)c1)C(F)(F)F. The van der Waals surface area contributed by atoms with E-state index in [0.29, 0.717) is 5.56 Å². The number of alkyl halides is 3. The number of amides is 1. The van der Waals surface area contributed by atoms with Gasteiger partial charge in [-0.25, -0.2) is 9.18 Å². The largest absolute Gasteiger partial charge is 0.463 e. The molecular weight excluding hydrogens is 416 g/mol. The Hall–Kier alpha value is -2.81. The summed E-state index contributed by atoms with van der Waals surface area (Å²) in [6.45, 7) is 0.955. The van der Waals surface area contributed by atoms with Gasteiger partial charge in [0.15, 0.2) is 0 Å². The molecule has 2 aromatic rings. The van der Waals surface area contributed by atoms with Crippen LogP contribution in [0.2, 0.25) is 5.02 Å². The molecule has 2 rings (SSSR count). The van der Waals surface area contributed by atoms with Crippen molar-refractivity contribution in [3.05, 3.63) is 64.9 Å². The summed E-state index contributed by atoms with van der Waals surface area (Å²) in [7, 11) is 0. The Labute approximate surface area is 169 Å². The fourth-order valence-electron chi connectivity index (χ4n) is 2.46. The molecule has 0 aromatic heterocycles. The van der Waals surface area contributed by atoms with Crippen LogP contribution in [0.1, 0.15) is 12.5 Å². The first-order valence-corrected chi connectivity index (χ1v) is 8.79. The first-order chi connectivity index (χ1) is 13.6. The van der Waals surface area contributed by atoms with Gasteiger partial charge in [-0.3, -0.25) is 4.79 Å². The minimum atomic E-state index is -5.30. The van der Waals surface area contributed by atoms with Crippen molar-refractivity contribution in [3.63, 3.8) is 0 Å². The number of halogens is 5. The van der Waals surface area contributed by atoms with Crippen molar-refractivity contribution in [1.29, 1.82) is 0 Å². The van der Waals surface area contributed by atoms with Crippen molar-refractivity contribution in [2.75, 3.05) is 11.9 Å². The van der Waals surface area contributed by atoms with Gasteiger partial charge in [0, 0.05) is 5.69 Å². The van der Waals surface area contributed by atoms with Crippen LogP contribution in [0.15, 0.2) is 48.5 Å². The number of anilines is 1. The summed E-state index contributed by atoms with van der Waals surface area (Å²) < 4.78 is 60.0. The lowest BCUT2D eigenvalue weighted by Crippen LogP contribution is -2.69. The summed E-state index contributed by atoms with van der Waals surface area (Å²) in [4.78, 5) is 24.7. The van der Waals surface area contributed by atoms with Gasteiger partial charge >= 0.3 is 17.8 Å². The topological polar surface area (TPSA) is 67.4 Å². The lowest BCUT2D eigenvalue weighted by Gasteiger charge is -2.35. The first-order valence-electron chi connectivity index (χ1n) is 8.41. The number of rotatable bonds is 7. The summed E-state index contributed by atoms with van der Waals surface area (Å²) >= 11 is 5.61. The van der Waals surface area contributed by atoms with E-state index in [-0.39, 0.29) is 12.3 Å². The standard InChI is InChI=1S/C19H17ClF4N2O3/c1-2-29-17(28)18(19(22,23)24,25-13-8-9-15(21)14(20)11-13)26-16(27)10-12-6-4-3-5-7-12/h3-9,11,25H,2,10H2,1H3,(H,26,27)/t18-/m0/s1. The van der Waals surface area contributed by atoms with Crippen LogP contribution in [-0.2, 0) is 20.7 Å². The van der Waals surface area contributed by atoms with Crippen LogP contribution in [0, 0.1) is 5.82 Å². The van der Waals surface area contributed by atoms with E-state index >= 15 is 0 Å². The Morgan fingerprint density at radius 2 is 1.76 bits per heavy atom. The summed E-state index contributed by atoms with van der Waals surface area (Å²) in [5, 5.41) is 3.15. The van der Waals surface area contributed by atoms with Crippen LogP contribution >= 0.6 is 11.6 Å². The summed E-state index contributed by atoms with van der Waals surface area (Å²) in [5.41, 5.74) is -3.51. The average Bonchev–Trinajstić information content (AvgIpc) is 2.64. The molecule has 10 heteroatoms. The molecule has 0 aliphatic heterocycles. The predicted octanol–water partition coefficient (Wildman–Crippen LogP) is 4.07. The quantitative estimate of drug-likeness (QED) is 0.393. The third-order valence-corrected chi connectivity index (χ3v) is 4.08. The molecule has 2 N–H and O–H groups in total. The summed E-state index contributed by atoms with van der Waals surface area (Å²) in [5.74, 6) is -3.71. The maximum atomic E-state index is 14.0. The third kappa shape index (κ3) is 5.38. The molecular formula is C19H17ClF4N2O3. The van der Waals surface area contributed by atoms with E-state index in [9.17, 15) is 27.2 Å². The van der Waals surface area contributed by atoms with Gasteiger partial charge in [0.25, 0.3) is 0 Å². The van der Waals surface area contributed by atoms with Crippen molar-refractivity contribution in [2.24, 2.45) is 0 Å². The van der Waals surface area contributed by atoms with E-state index in [0.717, 1.165) is 18.2 Å². The molecule has 0 heterocycles. The van der Waals surface area contributed by atoms with Gasteiger partial charge in [0.2, 0.25) is 5.91 Å². The molecule has 0 aliphatic carbocycles. The highest BCUT2D eigenvalue weighted by atomic mass is 35.5. The molecule has 5 nitrogen and oxygen atoms in total. The van der Waals surface area contributed by atoms with E-state index in [4.69, 9.17) is 11.6 Å². The highest BCUT2D eigenvalue weighted by Crippen LogP contribution is 2.34. The minimum Gasteiger partial charge on any atom is -0.463 e. The zero-order chi connectivity index (χ0) is 21.7. The molecule has 1 amide bonds. The molecule has 0 spiro atoms. The van der Waals surface area contributed by atoms with Crippen molar-refractivity contribution in [1.82, 2.24) is 5.32 Å². The predicted molar refractivity (Wildman–Crippen MR) is 98.7 cm³/mol. The number of ether oxygens (including phenoxy) is 1. The minimum absolute atomic E-state index is 0.346. The van der Waals surface area contributed by atoms with E-state index in [1.807, 2.05) is 5.32 Å². The van der Waals surface area contributed by atoms with Crippen LogP contribution < -0.4 is 10.6 Å². The summed E-state index contributed by atoms with van der Waals surface area (Å²) in [6.07, 6.45) is -5.71. The lowest BCUT2D eigenvalue weighted by atomic mass is 10.1. The second kappa shape index (κ2) is 9.13. The second-order valence-corrected chi connectivity index (χ2v) is 6.34. The Morgan fingerprint density at radius 1 is 1.10 bits per heavy atom. The molecule has 0 saturated heterocycles. The van der Waals surface area contributed by atoms with Crippen molar-refractivity contribution in [2.45, 2.75) is 25.2 Å². The highest BCUT2D eigenvalue weighted by Gasteiger charge is 2.63. The number of carbonyl (C=O) groups is 2. The zero-order valence-electron chi connectivity index (χ0n) is 15.1. The normalized spacial score (nSPS) is 13.3. The van der Waals surface area contributed by atoms with Gasteiger partial charge in [0.1, 0.15) is 5.82 Å². The van der Waals surface area contributed by atoms with Crippen LogP contribution in [0.3, 0.4) is 0 Å². The van der Waals surface area contributed by atoms with E-state index in [1.165, 1.54) is 6.92 Å². The Bertz CT molecular complexity index is 878. The van der Waals surface area contributed by atoms with Crippen LogP contribution in [0.25, 0.3) is 0 Å². The lowest BCUT2D eigenvalue weighted by molar-refractivity contribution is -0.207. The van der Waals surface area contributed by atoms with Crippen LogP contribution in [0.4, 0.5) is 23.2 Å². The Kier molecular flexibility index (Phi) is 7.07. The van der Waals surface area contributed by atoms with Gasteiger partial charge in [0.05, 0.1) is 18.1 Å². The first kappa shape index (κ1) is 22.5. The van der Waals surface area contributed by atoms with Gasteiger partial charge in [-0.15, -0.1) is 0 Å². The number of hydrogen-bond donors (Lipinski definition) is 2.